The molecule has 0 saturated carbocycles. The number of nitrogens with zero attached hydrogens (tertiary/aromatic N) is 2. The summed E-state index contributed by atoms with van der Waals surface area (Å²) >= 11 is 15.4. The summed E-state index contributed by atoms with van der Waals surface area (Å²) in [5, 5.41) is 3.81. The molecule has 40 heavy (non-hydrogen) atoms. The molecule has 1 aliphatic rings. The zero-order valence-electron chi connectivity index (χ0n) is 22.9. The van der Waals surface area contributed by atoms with E-state index in [1.54, 1.807) is 11.9 Å². The number of allylic oxidation sites excluding steroid dienone is 2. The van der Waals surface area contributed by atoms with Crippen molar-refractivity contribution in [2.24, 2.45) is 5.73 Å². The van der Waals surface area contributed by atoms with Crippen molar-refractivity contribution in [2.45, 2.75) is 38.0 Å². The molecule has 3 N–H and O–H groups in total. The van der Waals surface area contributed by atoms with Crippen LogP contribution in [0.25, 0.3) is 22.0 Å². The van der Waals surface area contributed by atoms with Crippen molar-refractivity contribution < 1.29 is 0 Å². The topological polar surface area (TPSA) is 54.2 Å². The lowest BCUT2D eigenvalue weighted by atomic mass is 10.0. The second-order valence-electron chi connectivity index (χ2n) is 8.88. The molecule has 0 unspecified atom stereocenters. The third-order valence-electron chi connectivity index (χ3n) is 5.96. The summed E-state index contributed by atoms with van der Waals surface area (Å²) in [6.07, 6.45) is 8.86. The quantitative estimate of drug-likeness (QED) is 0.219. The summed E-state index contributed by atoms with van der Waals surface area (Å²) in [6, 6.07) is 25.1. The van der Waals surface area contributed by atoms with Crippen molar-refractivity contribution >= 4 is 69.2 Å². The van der Waals surface area contributed by atoms with E-state index in [1.807, 2.05) is 68.4 Å². The number of pyridine rings is 1. The fourth-order valence-corrected chi connectivity index (χ4v) is 5.80. The van der Waals surface area contributed by atoms with Crippen LogP contribution in [0.4, 0.5) is 11.4 Å². The van der Waals surface area contributed by atoms with E-state index in [9.17, 15) is 0 Å². The summed E-state index contributed by atoms with van der Waals surface area (Å²) < 4.78 is 5.89. The van der Waals surface area contributed by atoms with E-state index in [1.165, 1.54) is 41.8 Å². The summed E-state index contributed by atoms with van der Waals surface area (Å²) in [5.41, 5.74) is 8.73. The average molecular weight is 612 g/mol. The summed E-state index contributed by atoms with van der Waals surface area (Å²) in [5.74, 6) is 1.21. The summed E-state index contributed by atoms with van der Waals surface area (Å²) in [7, 11) is 0. The SMILES string of the molecule is C/C=C(\C)Cl.C=CN.Clc1ccc(NSc2ccc(N3CCCCCS3)cc2)cc1-c1nccc2ccccc12. The Labute approximate surface area is 257 Å². The number of rotatable bonds is 5. The highest BCUT2D eigenvalue weighted by molar-refractivity contribution is 8.00. The van der Waals surface area contributed by atoms with Crippen molar-refractivity contribution in [2.75, 3.05) is 21.3 Å². The van der Waals surface area contributed by atoms with Gasteiger partial charge in [0, 0.05) is 50.7 Å². The van der Waals surface area contributed by atoms with Gasteiger partial charge in [-0.1, -0.05) is 66.5 Å². The van der Waals surface area contributed by atoms with E-state index in [-0.39, 0.29) is 0 Å². The summed E-state index contributed by atoms with van der Waals surface area (Å²) in [6.45, 7) is 8.02. The number of nitrogens with two attached hydrogens (primary N) is 1. The lowest BCUT2D eigenvalue weighted by molar-refractivity contribution is 0.751. The molecule has 8 heteroatoms. The molecule has 0 atom stereocenters. The Balaban J connectivity index is 0.000000490. The molecule has 0 aliphatic carbocycles. The van der Waals surface area contributed by atoms with Crippen LogP contribution in [0.15, 0.2) is 108 Å². The third kappa shape index (κ3) is 9.70. The first kappa shape index (κ1) is 31.8. The highest BCUT2D eigenvalue weighted by Crippen LogP contribution is 2.35. The molecule has 0 amide bonds. The predicted octanol–water partition coefficient (Wildman–Crippen LogP) is 10.6. The largest absolute Gasteiger partial charge is 0.405 e. The van der Waals surface area contributed by atoms with Gasteiger partial charge in [-0.05, 0) is 111 Å². The van der Waals surface area contributed by atoms with Crippen LogP contribution in [0.3, 0.4) is 0 Å². The number of hydrogen-bond donors (Lipinski definition) is 2. The van der Waals surface area contributed by atoms with Crippen LogP contribution in [-0.2, 0) is 0 Å². The van der Waals surface area contributed by atoms with Gasteiger partial charge < -0.3 is 14.8 Å². The standard InChI is InChI=1S/C26H24ClN3S2.C4H7Cl.C2H5N/c27-25-13-8-20(18-24(25)26-23-7-3-2-6-19(23)14-15-28-26)29-32-22-11-9-21(10-12-22)30-16-4-1-5-17-31-30;1-3-4(2)5;1-2-3/h2-3,6-15,18,29H,1,4-5,16-17H2;3H,1-2H3;2H,1,3H2/b;4-3+;. The van der Waals surface area contributed by atoms with E-state index in [0.29, 0.717) is 5.02 Å². The maximum absolute atomic E-state index is 6.57. The molecule has 2 heterocycles. The first-order valence-corrected chi connectivity index (χ1v) is 15.7. The van der Waals surface area contributed by atoms with Crippen molar-refractivity contribution in [1.82, 2.24) is 4.98 Å². The number of nitrogens with one attached hydrogen (secondary N) is 1. The first-order chi connectivity index (χ1) is 19.5. The highest BCUT2D eigenvalue weighted by Gasteiger charge is 2.12. The van der Waals surface area contributed by atoms with Crippen LogP contribution in [0.2, 0.25) is 5.02 Å². The third-order valence-corrected chi connectivity index (χ3v) is 8.53. The number of benzene rings is 3. The van der Waals surface area contributed by atoms with E-state index in [4.69, 9.17) is 23.2 Å². The van der Waals surface area contributed by atoms with Gasteiger partial charge in [-0.2, -0.15) is 0 Å². The Kier molecular flexibility index (Phi) is 13.6. The minimum absolute atomic E-state index is 0.698. The number of anilines is 2. The highest BCUT2D eigenvalue weighted by atomic mass is 35.5. The zero-order valence-corrected chi connectivity index (χ0v) is 26.1. The van der Waals surface area contributed by atoms with Gasteiger partial charge in [-0.25, -0.2) is 0 Å². The van der Waals surface area contributed by atoms with Crippen molar-refractivity contribution in [3.05, 3.63) is 108 Å². The number of hydrogen-bond acceptors (Lipinski definition) is 6. The van der Waals surface area contributed by atoms with Crippen LogP contribution in [-0.4, -0.2) is 17.3 Å². The van der Waals surface area contributed by atoms with Gasteiger partial charge in [0.2, 0.25) is 0 Å². The Morgan fingerprint density at radius 1 is 1.07 bits per heavy atom. The monoisotopic (exact) mass is 610 g/mol. The average Bonchev–Trinajstić information content (AvgIpc) is 3.27. The number of aromatic nitrogens is 1. The molecule has 1 fully saturated rings. The fraction of sp³-hybridized carbons (Fsp3) is 0.219. The molecule has 0 spiro atoms. The normalized spacial score (nSPS) is 13.3. The Morgan fingerprint density at radius 3 is 2.52 bits per heavy atom. The van der Waals surface area contributed by atoms with Gasteiger partial charge in [-0.15, -0.1) is 0 Å². The molecule has 1 saturated heterocycles. The number of halogens is 2. The molecular formula is C32H36Cl2N4S2. The van der Waals surface area contributed by atoms with Crippen LogP contribution >= 0.6 is 47.1 Å². The van der Waals surface area contributed by atoms with Crippen LogP contribution in [0.5, 0.6) is 0 Å². The predicted molar refractivity (Wildman–Crippen MR) is 181 cm³/mol. The maximum Gasteiger partial charge on any atom is 0.0796 e. The maximum atomic E-state index is 6.57. The minimum atomic E-state index is 0.698. The minimum Gasteiger partial charge on any atom is -0.405 e. The van der Waals surface area contributed by atoms with Gasteiger partial charge in [0.15, 0.2) is 0 Å². The fourth-order valence-electron chi connectivity index (χ4n) is 3.88. The van der Waals surface area contributed by atoms with Gasteiger partial charge >= 0.3 is 0 Å². The van der Waals surface area contributed by atoms with Crippen molar-refractivity contribution in [3.8, 4) is 11.3 Å². The van der Waals surface area contributed by atoms with E-state index in [0.717, 1.165) is 39.3 Å². The van der Waals surface area contributed by atoms with Crippen LogP contribution < -0.4 is 14.8 Å². The molecule has 1 aliphatic heterocycles. The van der Waals surface area contributed by atoms with Gasteiger partial charge in [0.1, 0.15) is 0 Å². The molecule has 4 nitrogen and oxygen atoms in total. The molecule has 4 aromatic rings. The lowest BCUT2D eigenvalue weighted by Gasteiger charge is -2.21. The van der Waals surface area contributed by atoms with E-state index in [2.05, 4.69) is 68.8 Å². The van der Waals surface area contributed by atoms with E-state index < -0.39 is 0 Å². The lowest BCUT2D eigenvalue weighted by Crippen LogP contribution is -2.14. The van der Waals surface area contributed by atoms with Crippen molar-refractivity contribution in [3.63, 3.8) is 0 Å². The Hall–Kier alpha value is -2.77. The first-order valence-electron chi connectivity index (χ1n) is 13.1. The second kappa shape index (κ2) is 17.1. The molecular weight excluding hydrogens is 575 g/mol. The summed E-state index contributed by atoms with van der Waals surface area (Å²) in [4.78, 5) is 5.81. The van der Waals surface area contributed by atoms with Crippen molar-refractivity contribution in [1.29, 1.82) is 0 Å². The molecule has 3 aromatic carbocycles. The smallest absolute Gasteiger partial charge is 0.0796 e. The molecule has 1 aromatic heterocycles. The van der Waals surface area contributed by atoms with Crippen LogP contribution in [0, 0.1) is 0 Å². The van der Waals surface area contributed by atoms with Gasteiger partial charge in [0.05, 0.1) is 10.7 Å². The Bertz CT molecular complexity index is 1380. The molecule has 210 valence electrons. The van der Waals surface area contributed by atoms with E-state index >= 15 is 0 Å². The molecule has 0 radical (unpaired) electrons. The Morgan fingerprint density at radius 2 is 1.80 bits per heavy atom. The molecule has 5 rings (SSSR count). The zero-order chi connectivity index (χ0) is 28.7. The number of fused-ring (bicyclic) bond motifs is 1. The van der Waals surface area contributed by atoms with Crippen LogP contribution in [0.1, 0.15) is 33.1 Å². The van der Waals surface area contributed by atoms with Gasteiger partial charge in [0.25, 0.3) is 0 Å². The van der Waals surface area contributed by atoms with Gasteiger partial charge in [-0.3, -0.25) is 4.98 Å². The molecule has 0 bridgehead atoms. The second-order valence-corrected chi connectivity index (χ2v) is 11.9.